The molecule has 1 aromatic heterocycles. The molecule has 102 valence electrons. The number of aliphatic hydroxyl groups excluding tert-OH is 1. The Morgan fingerprint density at radius 1 is 1.05 bits per heavy atom. The number of benzene rings is 2. The third-order valence-electron chi connectivity index (χ3n) is 3.38. The van der Waals surface area contributed by atoms with Crippen LogP contribution in [0.25, 0.3) is 11.0 Å². The number of aryl methyl sites for hydroxylation is 1. The lowest BCUT2D eigenvalue weighted by molar-refractivity contribution is 0.165. The molecule has 0 aliphatic carbocycles. The van der Waals surface area contributed by atoms with Gasteiger partial charge in [0, 0.05) is 11.8 Å². The summed E-state index contributed by atoms with van der Waals surface area (Å²) in [6.45, 7) is 0. The number of hydrogen-bond acceptors (Lipinski definition) is 2. The minimum Gasteiger partial charge on any atom is -0.461 e. The van der Waals surface area contributed by atoms with Crippen LogP contribution in [0.4, 0.5) is 4.39 Å². The van der Waals surface area contributed by atoms with Crippen LogP contribution in [0, 0.1) is 5.82 Å². The molecule has 0 amide bonds. The molecule has 1 N–H and O–H groups in total. The Labute approximate surface area is 116 Å². The van der Waals surface area contributed by atoms with Crippen molar-refractivity contribution in [2.45, 2.75) is 18.9 Å². The number of aliphatic hydroxyl groups is 1. The SMILES string of the molecule is OC(CCc1cc2cc(F)ccc2o1)c1ccccc1. The van der Waals surface area contributed by atoms with Crippen LogP contribution in [-0.2, 0) is 6.42 Å². The van der Waals surface area contributed by atoms with E-state index in [0.717, 1.165) is 16.7 Å². The first-order valence-corrected chi connectivity index (χ1v) is 6.63. The molecule has 0 aliphatic heterocycles. The normalized spacial score (nSPS) is 12.7. The molecule has 2 nitrogen and oxygen atoms in total. The Bertz CT molecular complexity index is 703. The van der Waals surface area contributed by atoms with E-state index in [9.17, 15) is 9.50 Å². The largest absolute Gasteiger partial charge is 0.461 e. The van der Waals surface area contributed by atoms with Gasteiger partial charge in [0.05, 0.1) is 6.10 Å². The maximum absolute atomic E-state index is 13.1. The van der Waals surface area contributed by atoms with E-state index >= 15 is 0 Å². The summed E-state index contributed by atoms with van der Waals surface area (Å²) in [5.41, 5.74) is 1.57. The minimum atomic E-state index is -0.513. The van der Waals surface area contributed by atoms with Crippen LogP contribution in [0.15, 0.2) is 59.0 Å². The lowest BCUT2D eigenvalue weighted by Gasteiger charge is -2.09. The lowest BCUT2D eigenvalue weighted by Crippen LogP contribution is -1.98. The maximum Gasteiger partial charge on any atom is 0.134 e. The van der Waals surface area contributed by atoms with Crippen LogP contribution in [-0.4, -0.2) is 5.11 Å². The van der Waals surface area contributed by atoms with Crippen molar-refractivity contribution in [3.8, 4) is 0 Å². The lowest BCUT2D eigenvalue weighted by atomic mass is 10.0. The number of rotatable bonds is 4. The van der Waals surface area contributed by atoms with Crippen molar-refractivity contribution in [2.75, 3.05) is 0 Å². The van der Waals surface area contributed by atoms with Crippen molar-refractivity contribution in [1.82, 2.24) is 0 Å². The predicted molar refractivity (Wildman–Crippen MR) is 75.9 cm³/mol. The highest BCUT2D eigenvalue weighted by Crippen LogP contribution is 2.24. The van der Waals surface area contributed by atoms with Gasteiger partial charge in [0.1, 0.15) is 17.2 Å². The molecule has 0 fully saturated rings. The highest BCUT2D eigenvalue weighted by Gasteiger charge is 2.10. The molecule has 1 atom stereocenters. The molecule has 0 saturated carbocycles. The van der Waals surface area contributed by atoms with E-state index in [-0.39, 0.29) is 5.82 Å². The third kappa shape index (κ3) is 2.73. The fourth-order valence-corrected chi connectivity index (χ4v) is 2.31. The molecule has 3 heteroatoms. The fourth-order valence-electron chi connectivity index (χ4n) is 2.31. The quantitative estimate of drug-likeness (QED) is 0.769. The van der Waals surface area contributed by atoms with Crippen molar-refractivity contribution in [3.63, 3.8) is 0 Å². The molecular formula is C17H15FO2. The summed E-state index contributed by atoms with van der Waals surface area (Å²) in [5.74, 6) is 0.495. The van der Waals surface area contributed by atoms with E-state index in [1.807, 2.05) is 36.4 Å². The summed E-state index contributed by atoms with van der Waals surface area (Å²) in [7, 11) is 0. The number of furan rings is 1. The smallest absolute Gasteiger partial charge is 0.134 e. The standard InChI is InChI=1S/C17H15FO2/c18-14-6-9-17-13(10-14)11-15(20-17)7-8-16(19)12-4-2-1-3-5-12/h1-6,9-11,16,19H,7-8H2. The topological polar surface area (TPSA) is 33.4 Å². The van der Waals surface area contributed by atoms with Crippen molar-refractivity contribution >= 4 is 11.0 Å². The summed E-state index contributed by atoms with van der Waals surface area (Å²) < 4.78 is 18.7. The average Bonchev–Trinajstić information content (AvgIpc) is 2.87. The van der Waals surface area contributed by atoms with Crippen LogP contribution < -0.4 is 0 Å². The number of halogens is 1. The summed E-state index contributed by atoms with van der Waals surface area (Å²) in [6.07, 6.45) is 0.680. The van der Waals surface area contributed by atoms with Gasteiger partial charge >= 0.3 is 0 Å². The molecule has 0 spiro atoms. The Hall–Kier alpha value is -2.13. The molecular weight excluding hydrogens is 255 g/mol. The number of fused-ring (bicyclic) bond motifs is 1. The van der Waals surface area contributed by atoms with Crippen LogP contribution in [0.3, 0.4) is 0 Å². The Kier molecular flexibility index (Phi) is 3.52. The zero-order valence-electron chi connectivity index (χ0n) is 10.9. The van der Waals surface area contributed by atoms with E-state index in [0.29, 0.717) is 18.4 Å². The van der Waals surface area contributed by atoms with Crippen LogP contribution in [0.2, 0.25) is 0 Å². The van der Waals surface area contributed by atoms with E-state index in [4.69, 9.17) is 4.42 Å². The zero-order valence-corrected chi connectivity index (χ0v) is 10.9. The molecule has 0 bridgehead atoms. The van der Waals surface area contributed by atoms with Crippen LogP contribution in [0.1, 0.15) is 23.8 Å². The molecule has 0 aliphatic rings. The second-order valence-corrected chi connectivity index (χ2v) is 4.86. The predicted octanol–water partition coefficient (Wildman–Crippen LogP) is 4.24. The van der Waals surface area contributed by atoms with Gasteiger partial charge in [-0.1, -0.05) is 30.3 Å². The first kappa shape index (κ1) is 12.9. The van der Waals surface area contributed by atoms with Crippen molar-refractivity contribution in [1.29, 1.82) is 0 Å². The summed E-state index contributed by atoms with van der Waals surface area (Å²) in [4.78, 5) is 0. The Morgan fingerprint density at radius 2 is 1.85 bits per heavy atom. The second kappa shape index (κ2) is 5.47. The van der Waals surface area contributed by atoms with Gasteiger partial charge in [-0.05, 0) is 36.2 Å². The van der Waals surface area contributed by atoms with E-state index in [2.05, 4.69) is 0 Å². The van der Waals surface area contributed by atoms with Crippen molar-refractivity contribution in [2.24, 2.45) is 0 Å². The first-order chi connectivity index (χ1) is 9.72. The fraction of sp³-hybridized carbons (Fsp3) is 0.176. The van der Waals surface area contributed by atoms with Crippen molar-refractivity contribution in [3.05, 3.63) is 71.7 Å². The summed E-state index contributed by atoms with van der Waals surface area (Å²) in [6, 6.07) is 15.8. The molecule has 0 saturated heterocycles. The van der Waals surface area contributed by atoms with Gasteiger partial charge in [-0.3, -0.25) is 0 Å². The maximum atomic E-state index is 13.1. The summed E-state index contributed by atoms with van der Waals surface area (Å²) in [5, 5.41) is 10.9. The second-order valence-electron chi connectivity index (χ2n) is 4.86. The van der Waals surface area contributed by atoms with Gasteiger partial charge in [-0.2, -0.15) is 0 Å². The van der Waals surface area contributed by atoms with Gasteiger partial charge in [-0.15, -0.1) is 0 Å². The van der Waals surface area contributed by atoms with Gasteiger partial charge < -0.3 is 9.52 Å². The monoisotopic (exact) mass is 270 g/mol. The average molecular weight is 270 g/mol. The van der Waals surface area contributed by atoms with Gasteiger partial charge in [-0.25, -0.2) is 4.39 Å². The van der Waals surface area contributed by atoms with Gasteiger partial charge in [0.2, 0.25) is 0 Å². The molecule has 1 heterocycles. The molecule has 0 radical (unpaired) electrons. The van der Waals surface area contributed by atoms with Gasteiger partial charge in [0.15, 0.2) is 0 Å². The van der Waals surface area contributed by atoms with Crippen LogP contribution in [0.5, 0.6) is 0 Å². The highest BCUT2D eigenvalue weighted by atomic mass is 19.1. The minimum absolute atomic E-state index is 0.269. The number of hydrogen-bond donors (Lipinski definition) is 1. The highest BCUT2D eigenvalue weighted by molar-refractivity contribution is 5.77. The van der Waals surface area contributed by atoms with E-state index in [1.165, 1.54) is 12.1 Å². The van der Waals surface area contributed by atoms with Gasteiger partial charge in [0.25, 0.3) is 0 Å². The molecule has 2 aromatic carbocycles. The first-order valence-electron chi connectivity index (χ1n) is 6.63. The molecule has 20 heavy (non-hydrogen) atoms. The Balaban J connectivity index is 1.71. The van der Waals surface area contributed by atoms with E-state index < -0.39 is 6.10 Å². The zero-order chi connectivity index (χ0) is 13.9. The molecule has 1 unspecified atom stereocenters. The Morgan fingerprint density at radius 3 is 2.65 bits per heavy atom. The van der Waals surface area contributed by atoms with E-state index in [1.54, 1.807) is 6.07 Å². The van der Waals surface area contributed by atoms with Crippen LogP contribution >= 0.6 is 0 Å². The third-order valence-corrected chi connectivity index (χ3v) is 3.38. The molecule has 3 aromatic rings. The van der Waals surface area contributed by atoms with Crippen molar-refractivity contribution < 1.29 is 13.9 Å². The summed E-state index contributed by atoms with van der Waals surface area (Å²) >= 11 is 0. The molecule has 3 rings (SSSR count).